The van der Waals surface area contributed by atoms with E-state index in [2.05, 4.69) is 0 Å². The number of rotatable bonds is 1. The molecule has 0 atom stereocenters. The first-order chi connectivity index (χ1) is 9.92. The summed E-state index contributed by atoms with van der Waals surface area (Å²) in [5.41, 5.74) is 0.400. The molecule has 1 fully saturated rings. The smallest absolute Gasteiger partial charge is 0.264 e. The monoisotopic (exact) mass is 307 g/mol. The van der Waals surface area contributed by atoms with Gasteiger partial charge in [0.15, 0.2) is 0 Å². The van der Waals surface area contributed by atoms with Crippen LogP contribution in [0.4, 0.5) is 4.39 Å². The highest BCUT2D eigenvalue weighted by atomic mass is 32.1. The van der Waals surface area contributed by atoms with Crippen LogP contribution in [0.25, 0.3) is 10.1 Å². The van der Waals surface area contributed by atoms with Crippen LogP contribution in [0.1, 0.15) is 29.1 Å². The summed E-state index contributed by atoms with van der Waals surface area (Å²) in [6.07, 6.45) is 0. The van der Waals surface area contributed by atoms with E-state index in [0.717, 1.165) is 10.3 Å². The number of ether oxygens (including phenoxy) is 1. The topological polar surface area (TPSA) is 29.5 Å². The maximum atomic E-state index is 14.0. The zero-order valence-electron chi connectivity index (χ0n) is 12.4. The van der Waals surface area contributed by atoms with Gasteiger partial charge >= 0.3 is 0 Å². The van der Waals surface area contributed by atoms with Crippen LogP contribution in [0.5, 0.6) is 0 Å². The van der Waals surface area contributed by atoms with Crippen LogP contribution in [0, 0.1) is 12.7 Å². The van der Waals surface area contributed by atoms with Gasteiger partial charge in [-0.15, -0.1) is 11.3 Å². The highest BCUT2D eigenvalue weighted by molar-refractivity contribution is 7.21. The number of nitrogens with zero attached hydrogens (tertiary/aromatic N) is 1. The Morgan fingerprint density at radius 2 is 2.19 bits per heavy atom. The summed E-state index contributed by atoms with van der Waals surface area (Å²) in [6, 6.07) is 4.98. The van der Waals surface area contributed by atoms with Crippen LogP contribution in [-0.4, -0.2) is 36.1 Å². The van der Waals surface area contributed by atoms with Crippen molar-refractivity contribution >= 4 is 27.3 Å². The van der Waals surface area contributed by atoms with Gasteiger partial charge in [0.05, 0.1) is 23.6 Å². The Kier molecular flexibility index (Phi) is 3.50. The van der Waals surface area contributed by atoms with Crippen LogP contribution in [0.3, 0.4) is 0 Å². The maximum absolute atomic E-state index is 14.0. The molecule has 2 aromatic rings. The van der Waals surface area contributed by atoms with Gasteiger partial charge in [-0.2, -0.15) is 0 Å². The van der Waals surface area contributed by atoms with Gasteiger partial charge in [0, 0.05) is 16.6 Å². The van der Waals surface area contributed by atoms with E-state index in [4.69, 9.17) is 4.74 Å². The van der Waals surface area contributed by atoms with Crippen LogP contribution < -0.4 is 0 Å². The van der Waals surface area contributed by atoms with E-state index < -0.39 is 0 Å². The van der Waals surface area contributed by atoms with Gasteiger partial charge in [0.1, 0.15) is 5.82 Å². The number of amides is 1. The Bertz CT molecular complexity index is 708. The molecule has 3 nitrogen and oxygen atoms in total. The van der Waals surface area contributed by atoms with Crippen molar-refractivity contribution in [1.82, 2.24) is 4.90 Å². The van der Waals surface area contributed by atoms with Crippen LogP contribution in [0.15, 0.2) is 18.2 Å². The molecule has 0 bridgehead atoms. The number of thiophene rings is 1. The molecule has 3 rings (SSSR count). The van der Waals surface area contributed by atoms with Crippen molar-refractivity contribution in [3.8, 4) is 0 Å². The number of fused-ring (bicyclic) bond motifs is 1. The van der Waals surface area contributed by atoms with Crippen molar-refractivity contribution in [2.45, 2.75) is 26.3 Å². The van der Waals surface area contributed by atoms with Crippen molar-refractivity contribution in [3.05, 3.63) is 34.5 Å². The quantitative estimate of drug-likeness (QED) is 0.805. The first-order valence-corrected chi connectivity index (χ1v) is 7.81. The molecule has 1 aromatic carbocycles. The highest BCUT2D eigenvalue weighted by Gasteiger charge is 2.36. The molecule has 5 heteroatoms. The van der Waals surface area contributed by atoms with Gasteiger partial charge in [-0.1, -0.05) is 6.07 Å². The second-order valence-corrected chi connectivity index (χ2v) is 7.04. The van der Waals surface area contributed by atoms with Crippen molar-refractivity contribution in [1.29, 1.82) is 0 Å². The number of benzene rings is 1. The number of hydrogen-bond donors (Lipinski definition) is 0. The molecule has 0 spiro atoms. The number of aryl methyl sites for hydroxylation is 1. The molecular formula is C16H18FNO2S. The fraction of sp³-hybridized carbons (Fsp3) is 0.438. The molecule has 0 radical (unpaired) electrons. The van der Waals surface area contributed by atoms with Gasteiger partial charge in [-0.25, -0.2) is 4.39 Å². The molecule has 0 aliphatic carbocycles. The lowest BCUT2D eigenvalue weighted by Gasteiger charge is -2.42. The molecule has 2 heterocycles. The summed E-state index contributed by atoms with van der Waals surface area (Å²) in [7, 11) is 0. The SMILES string of the molecule is Cc1c(C(=O)N2CCOCC2(C)C)sc2cccc(F)c12. The Morgan fingerprint density at radius 3 is 2.86 bits per heavy atom. The Hall–Kier alpha value is -1.46. The third-order valence-electron chi connectivity index (χ3n) is 3.99. The summed E-state index contributed by atoms with van der Waals surface area (Å²) in [6.45, 7) is 7.45. The molecule has 112 valence electrons. The largest absolute Gasteiger partial charge is 0.377 e. The molecule has 1 amide bonds. The molecule has 1 aliphatic rings. The average molecular weight is 307 g/mol. The normalized spacial score (nSPS) is 18.2. The Balaban J connectivity index is 2.06. The summed E-state index contributed by atoms with van der Waals surface area (Å²) in [4.78, 5) is 15.3. The number of carbonyl (C=O) groups excluding carboxylic acids is 1. The number of morpholine rings is 1. The van der Waals surface area contributed by atoms with Gasteiger partial charge in [-0.3, -0.25) is 4.79 Å². The minimum Gasteiger partial charge on any atom is -0.377 e. The molecule has 0 unspecified atom stereocenters. The predicted molar refractivity (Wildman–Crippen MR) is 82.5 cm³/mol. The summed E-state index contributed by atoms with van der Waals surface area (Å²) in [5.74, 6) is -0.289. The van der Waals surface area contributed by atoms with Crippen LogP contribution in [-0.2, 0) is 4.74 Å². The third kappa shape index (κ3) is 2.34. The van der Waals surface area contributed by atoms with Gasteiger partial charge < -0.3 is 9.64 Å². The first-order valence-electron chi connectivity index (χ1n) is 6.99. The van der Waals surface area contributed by atoms with Gasteiger partial charge in [0.2, 0.25) is 0 Å². The lowest BCUT2D eigenvalue weighted by atomic mass is 10.0. The zero-order chi connectivity index (χ0) is 15.2. The lowest BCUT2D eigenvalue weighted by molar-refractivity contribution is -0.0368. The molecule has 21 heavy (non-hydrogen) atoms. The van der Waals surface area contributed by atoms with E-state index >= 15 is 0 Å². The van der Waals surface area contributed by atoms with Crippen molar-refractivity contribution in [3.63, 3.8) is 0 Å². The molecule has 0 saturated carbocycles. The lowest BCUT2D eigenvalue weighted by Crippen LogP contribution is -2.55. The minimum atomic E-state index is -0.337. The third-order valence-corrected chi connectivity index (χ3v) is 5.23. The first kappa shape index (κ1) is 14.5. The molecule has 0 N–H and O–H groups in total. The fourth-order valence-corrected chi connectivity index (χ4v) is 3.99. The van der Waals surface area contributed by atoms with Crippen molar-refractivity contribution in [2.24, 2.45) is 0 Å². The second kappa shape index (κ2) is 5.07. The van der Waals surface area contributed by atoms with E-state index in [1.807, 2.05) is 31.7 Å². The summed E-state index contributed by atoms with van der Waals surface area (Å²) >= 11 is 1.37. The van der Waals surface area contributed by atoms with E-state index in [1.165, 1.54) is 17.4 Å². The number of carbonyl (C=O) groups is 1. The summed E-state index contributed by atoms with van der Waals surface area (Å²) in [5, 5.41) is 0.567. The molecule has 1 aliphatic heterocycles. The van der Waals surface area contributed by atoms with E-state index in [0.29, 0.717) is 30.0 Å². The predicted octanol–water partition coefficient (Wildman–Crippen LogP) is 3.60. The highest BCUT2D eigenvalue weighted by Crippen LogP contribution is 2.34. The van der Waals surface area contributed by atoms with Crippen molar-refractivity contribution in [2.75, 3.05) is 19.8 Å². The number of halogens is 1. The van der Waals surface area contributed by atoms with E-state index in [9.17, 15) is 9.18 Å². The molecule has 1 aromatic heterocycles. The standard InChI is InChI=1S/C16H18FNO2S/c1-10-13-11(17)5-4-6-12(13)21-14(10)15(19)18-7-8-20-9-16(18,2)3/h4-6H,7-9H2,1-3H3. The van der Waals surface area contributed by atoms with Gasteiger partial charge in [0.25, 0.3) is 5.91 Å². The number of hydrogen-bond acceptors (Lipinski definition) is 3. The van der Waals surface area contributed by atoms with E-state index in [1.54, 1.807) is 6.07 Å². The fourth-order valence-electron chi connectivity index (χ4n) is 2.81. The molecular weight excluding hydrogens is 289 g/mol. The molecule has 1 saturated heterocycles. The van der Waals surface area contributed by atoms with Crippen LogP contribution >= 0.6 is 11.3 Å². The second-order valence-electron chi connectivity index (χ2n) is 5.99. The zero-order valence-corrected chi connectivity index (χ0v) is 13.2. The van der Waals surface area contributed by atoms with Crippen molar-refractivity contribution < 1.29 is 13.9 Å². The average Bonchev–Trinajstić information content (AvgIpc) is 2.76. The van der Waals surface area contributed by atoms with E-state index in [-0.39, 0.29) is 17.3 Å². The maximum Gasteiger partial charge on any atom is 0.264 e. The van der Waals surface area contributed by atoms with Gasteiger partial charge in [-0.05, 0) is 38.5 Å². The van der Waals surface area contributed by atoms with Crippen LogP contribution in [0.2, 0.25) is 0 Å². The minimum absolute atomic E-state index is 0.0265. The Morgan fingerprint density at radius 1 is 1.43 bits per heavy atom. The Labute approximate surface area is 127 Å². The summed E-state index contributed by atoms with van der Waals surface area (Å²) < 4.78 is 20.3.